The number of nitrogens with zero attached hydrogens (tertiary/aromatic N) is 1. The molecular weight excluding hydrogens is 427 g/mol. The highest BCUT2D eigenvalue weighted by molar-refractivity contribution is 6.48. The Kier molecular flexibility index (Phi) is 7.13. The Morgan fingerprint density at radius 1 is 1.07 bits per heavy atom. The van der Waals surface area contributed by atoms with E-state index >= 15 is 0 Å². The lowest BCUT2D eigenvalue weighted by Gasteiger charge is -2.15. The smallest absolute Gasteiger partial charge is 0.338 e. The molecule has 2 amide bonds. The number of hydrogen-bond donors (Lipinski definition) is 1. The van der Waals surface area contributed by atoms with Crippen LogP contribution in [0.1, 0.15) is 35.7 Å². The maximum atomic E-state index is 12.8. The van der Waals surface area contributed by atoms with Crippen LogP contribution in [0.3, 0.4) is 0 Å². The second-order valence-electron chi connectivity index (χ2n) is 6.71. The molecule has 156 valence electrons. The van der Waals surface area contributed by atoms with Crippen LogP contribution in [0.5, 0.6) is 0 Å². The van der Waals surface area contributed by atoms with Crippen molar-refractivity contribution in [2.24, 2.45) is 0 Å². The van der Waals surface area contributed by atoms with Gasteiger partial charge >= 0.3 is 5.97 Å². The maximum Gasteiger partial charge on any atom is 0.338 e. The summed E-state index contributed by atoms with van der Waals surface area (Å²) < 4.78 is 5.20. The molecule has 0 bridgehead atoms. The monoisotopic (exact) mass is 446 g/mol. The van der Waals surface area contributed by atoms with E-state index in [2.05, 4.69) is 5.32 Å². The zero-order chi connectivity index (χ0) is 21.7. The minimum Gasteiger partial charge on any atom is -0.462 e. The molecule has 3 rings (SSSR count). The molecule has 0 saturated heterocycles. The number of halogens is 2. The minimum absolute atomic E-state index is 0.0351. The second kappa shape index (κ2) is 9.78. The van der Waals surface area contributed by atoms with E-state index < -0.39 is 17.8 Å². The van der Waals surface area contributed by atoms with Crippen molar-refractivity contribution in [3.05, 3.63) is 75.4 Å². The summed E-state index contributed by atoms with van der Waals surface area (Å²) in [6.07, 6.45) is 1.70. The lowest BCUT2D eigenvalue weighted by atomic mass is 10.2. The predicted molar refractivity (Wildman–Crippen MR) is 115 cm³/mol. The molecule has 0 spiro atoms. The van der Waals surface area contributed by atoms with Crippen molar-refractivity contribution >= 4 is 46.7 Å². The van der Waals surface area contributed by atoms with Gasteiger partial charge in [-0.2, -0.15) is 0 Å². The molecule has 2 aromatic rings. The molecule has 1 N–H and O–H groups in total. The van der Waals surface area contributed by atoms with Gasteiger partial charge in [-0.3, -0.25) is 14.5 Å². The number of unbranched alkanes of at least 4 members (excludes halogenated alkanes) is 1. The number of imide groups is 1. The van der Waals surface area contributed by atoms with E-state index in [0.717, 1.165) is 23.3 Å². The van der Waals surface area contributed by atoms with Gasteiger partial charge in [0.25, 0.3) is 11.8 Å². The average Bonchev–Trinajstić information content (AvgIpc) is 2.94. The molecule has 0 unspecified atom stereocenters. The van der Waals surface area contributed by atoms with Crippen LogP contribution in [0.15, 0.2) is 59.3 Å². The summed E-state index contributed by atoms with van der Waals surface area (Å²) in [5.74, 6) is -1.59. The number of anilines is 1. The van der Waals surface area contributed by atoms with Crippen LogP contribution in [0.25, 0.3) is 0 Å². The number of ether oxygens (including phenoxy) is 1. The lowest BCUT2D eigenvalue weighted by molar-refractivity contribution is -0.138. The summed E-state index contributed by atoms with van der Waals surface area (Å²) in [5, 5.41) is 3.22. The normalized spacial score (nSPS) is 13.8. The van der Waals surface area contributed by atoms with Crippen molar-refractivity contribution in [1.29, 1.82) is 0 Å². The van der Waals surface area contributed by atoms with E-state index in [1.165, 1.54) is 0 Å². The summed E-state index contributed by atoms with van der Waals surface area (Å²) in [5.41, 5.74) is 1.49. The third-order valence-electron chi connectivity index (χ3n) is 4.46. The van der Waals surface area contributed by atoms with Crippen molar-refractivity contribution in [1.82, 2.24) is 4.90 Å². The first-order chi connectivity index (χ1) is 14.4. The zero-order valence-corrected chi connectivity index (χ0v) is 17.8. The Morgan fingerprint density at radius 3 is 2.50 bits per heavy atom. The van der Waals surface area contributed by atoms with Crippen LogP contribution in [0.2, 0.25) is 5.02 Å². The second-order valence-corrected chi connectivity index (χ2v) is 7.52. The molecule has 30 heavy (non-hydrogen) atoms. The summed E-state index contributed by atoms with van der Waals surface area (Å²) in [6, 6.07) is 13.3. The molecular formula is C22H20Cl2N2O4. The summed E-state index contributed by atoms with van der Waals surface area (Å²) >= 11 is 12.0. The van der Waals surface area contributed by atoms with E-state index in [-0.39, 0.29) is 17.3 Å². The quantitative estimate of drug-likeness (QED) is 0.360. The molecule has 8 heteroatoms. The lowest BCUT2D eigenvalue weighted by Crippen LogP contribution is -2.31. The van der Waals surface area contributed by atoms with Crippen molar-refractivity contribution in [3.63, 3.8) is 0 Å². The topological polar surface area (TPSA) is 75.7 Å². The first-order valence-corrected chi connectivity index (χ1v) is 10.2. The van der Waals surface area contributed by atoms with Gasteiger partial charge in [-0.05, 0) is 42.3 Å². The Balaban J connectivity index is 1.72. The molecule has 0 atom stereocenters. The number of amides is 2. The Labute approximate surface area is 184 Å². The highest BCUT2D eigenvalue weighted by Gasteiger charge is 2.37. The van der Waals surface area contributed by atoms with Gasteiger partial charge in [-0.15, -0.1) is 0 Å². The van der Waals surface area contributed by atoms with Crippen LogP contribution in [0, 0.1) is 0 Å². The van der Waals surface area contributed by atoms with Crippen LogP contribution in [0.4, 0.5) is 5.69 Å². The highest BCUT2D eigenvalue weighted by Crippen LogP contribution is 2.27. The number of rotatable bonds is 8. The summed E-state index contributed by atoms with van der Waals surface area (Å²) in [4.78, 5) is 38.5. The van der Waals surface area contributed by atoms with E-state index in [9.17, 15) is 14.4 Å². The third-order valence-corrected chi connectivity index (χ3v) is 5.07. The van der Waals surface area contributed by atoms with Gasteiger partial charge in [0, 0.05) is 10.7 Å². The van der Waals surface area contributed by atoms with Crippen LogP contribution in [-0.2, 0) is 20.9 Å². The fraction of sp³-hybridized carbons (Fsp3) is 0.227. The maximum absolute atomic E-state index is 12.8. The molecule has 6 nitrogen and oxygen atoms in total. The van der Waals surface area contributed by atoms with Gasteiger partial charge in [0.05, 0.1) is 18.7 Å². The SMILES string of the molecule is CCCCOC(=O)c1cccc(NC2=C(Cl)C(=O)N(Cc3ccc(Cl)cc3)C2=O)c1. The van der Waals surface area contributed by atoms with Gasteiger partial charge in [-0.25, -0.2) is 4.79 Å². The fourth-order valence-electron chi connectivity index (χ4n) is 2.83. The zero-order valence-electron chi connectivity index (χ0n) is 16.3. The number of hydrogen-bond acceptors (Lipinski definition) is 5. The summed E-state index contributed by atoms with van der Waals surface area (Å²) in [7, 11) is 0. The molecule has 0 radical (unpaired) electrons. The van der Waals surface area contributed by atoms with Gasteiger partial charge in [-0.1, -0.05) is 54.7 Å². The molecule has 1 heterocycles. The minimum atomic E-state index is -0.589. The molecule has 1 aliphatic rings. The molecule has 2 aromatic carbocycles. The number of esters is 1. The van der Waals surface area contributed by atoms with E-state index in [4.69, 9.17) is 27.9 Å². The molecule has 0 aliphatic carbocycles. The van der Waals surface area contributed by atoms with Crippen molar-refractivity contribution < 1.29 is 19.1 Å². The van der Waals surface area contributed by atoms with Gasteiger partial charge < -0.3 is 10.1 Å². The Bertz CT molecular complexity index is 1000. The van der Waals surface area contributed by atoms with Crippen molar-refractivity contribution in [3.8, 4) is 0 Å². The third kappa shape index (κ3) is 5.01. The predicted octanol–water partition coefficient (Wildman–Crippen LogP) is 4.73. The number of carbonyl (C=O) groups is 3. The van der Waals surface area contributed by atoms with Crippen LogP contribution >= 0.6 is 23.2 Å². The van der Waals surface area contributed by atoms with E-state index in [1.807, 2.05) is 6.92 Å². The van der Waals surface area contributed by atoms with E-state index in [0.29, 0.717) is 22.9 Å². The Hall–Kier alpha value is -2.83. The van der Waals surface area contributed by atoms with Gasteiger partial charge in [0.2, 0.25) is 0 Å². The fourth-order valence-corrected chi connectivity index (χ4v) is 3.19. The average molecular weight is 447 g/mol. The van der Waals surface area contributed by atoms with E-state index in [1.54, 1.807) is 48.5 Å². The molecule has 0 aromatic heterocycles. The summed E-state index contributed by atoms with van der Waals surface area (Å²) in [6.45, 7) is 2.42. The first kappa shape index (κ1) is 21.9. The van der Waals surface area contributed by atoms with Crippen LogP contribution < -0.4 is 5.32 Å². The van der Waals surface area contributed by atoms with Gasteiger partial charge in [0.15, 0.2) is 0 Å². The molecule has 0 fully saturated rings. The van der Waals surface area contributed by atoms with Crippen molar-refractivity contribution in [2.45, 2.75) is 26.3 Å². The van der Waals surface area contributed by atoms with Gasteiger partial charge in [0.1, 0.15) is 10.7 Å². The van der Waals surface area contributed by atoms with Crippen LogP contribution in [-0.4, -0.2) is 29.3 Å². The number of nitrogens with one attached hydrogen (secondary N) is 1. The number of benzene rings is 2. The molecule has 0 saturated carbocycles. The first-order valence-electron chi connectivity index (χ1n) is 9.45. The standard InChI is InChI=1S/C22H20Cl2N2O4/c1-2-3-11-30-22(29)15-5-4-6-17(12-15)25-19-18(24)20(27)26(21(19)28)13-14-7-9-16(23)10-8-14/h4-10,12,25H,2-3,11,13H2,1H3. The van der Waals surface area contributed by atoms with Crippen molar-refractivity contribution in [2.75, 3.05) is 11.9 Å². The molecule has 1 aliphatic heterocycles. The largest absolute Gasteiger partial charge is 0.462 e. The highest BCUT2D eigenvalue weighted by atomic mass is 35.5. The number of carbonyl (C=O) groups excluding carboxylic acids is 3. The Morgan fingerprint density at radius 2 is 1.80 bits per heavy atom.